The van der Waals surface area contributed by atoms with Gasteiger partial charge < -0.3 is 14.3 Å². The monoisotopic (exact) mass is 542 g/mol. The molecule has 1 unspecified atom stereocenters. The summed E-state index contributed by atoms with van der Waals surface area (Å²) in [4.78, 5) is 34.5. The van der Waals surface area contributed by atoms with Crippen molar-refractivity contribution < 1.29 is 27.2 Å². The Bertz CT molecular complexity index is 1640. The van der Waals surface area contributed by atoms with Crippen LogP contribution in [0.2, 0.25) is 5.02 Å². The third kappa shape index (κ3) is 4.57. The van der Waals surface area contributed by atoms with Crippen LogP contribution in [0.3, 0.4) is 0 Å². The second-order valence-electron chi connectivity index (χ2n) is 8.50. The summed E-state index contributed by atoms with van der Waals surface area (Å²) in [7, 11) is -2.65. The zero-order valence-electron chi connectivity index (χ0n) is 19.4. The number of imidazole rings is 1. The molecule has 2 heterocycles. The summed E-state index contributed by atoms with van der Waals surface area (Å²) in [6.45, 7) is -0.0373. The highest BCUT2D eigenvalue weighted by molar-refractivity contribution is 7.89. The lowest BCUT2D eigenvalue weighted by Crippen LogP contribution is -2.45. The molecule has 1 aromatic heterocycles. The second-order valence-corrected chi connectivity index (χ2v) is 10.7. The normalized spacial score (nSPS) is 16.1. The first-order valence-corrected chi connectivity index (χ1v) is 12.9. The summed E-state index contributed by atoms with van der Waals surface area (Å²) in [5.41, 5.74) is 1.07. The minimum atomic E-state index is -4.44. The largest absolute Gasteiger partial charge is 0.355 e. The van der Waals surface area contributed by atoms with Crippen molar-refractivity contribution in [2.75, 3.05) is 11.4 Å². The first kappa shape index (κ1) is 24.9. The van der Waals surface area contributed by atoms with Crippen molar-refractivity contribution in [3.63, 3.8) is 0 Å². The van der Waals surface area contributed by atoms with E-state index in [0.29, 0.717) is 31.5 Å². The molecule has 1 saturated heterocycles. The maximum Gasteiger partial charge on any atom is 0.314 e. The van der Waals surface area contributed by atoms with E-state index >= 15 is 4.39 Å². The number of anilines is 1. The SMILES string of the molecule is Cn1cnc(-c2ccc(N3CCC(N(OC=O)S(=O)(=O)c4ccc5cc(Cl)ccc5c4)C3=O)c(F)c2)c1. The van der Waals surface area contributed by atoms with Gasteiger partial charge in [0.2, 0.25) is 5.91 Å². The number of benzene rings is 3. The van der Waals surface area contributed by atoms with Crippen LogP contribution in [0.1, 0.15) is 6.42 Å². The summed E-state index contributed by atoms with van der Waals surface area (Å²) in [5.74, 6) is -1.39. The molecular formula is C25H20ClFN4O5S. The molecule has 0 spiro atoms. The molecule has 9 nitrogen and oxygen atoms in total. The molecule has 1 atom stereocenters. The van der Waals surface area contributed by atoms with Crippen LogP contribution in [-0.4, -0.2) is 47.4 Å². The summed E-state index contributed by atoms with van der Waals surface area (Å²) in [6.07, 6.45) is 3.30. The van der Waals surface area contributed by atoms with Crippen molar-refractivity contribution in [2.24, 2.45) is 7.05 Å². The molecule has 0 N–H and O–H groups in total. The number of carbonyl (C=O) groups is 2. The zero-order chi connectivity index (χ0) is 26.3. The van der Waals surface area contributed by atoms with Crippen LogP contribution in [0.25, 0.3) is 22.0 Å². The van der Waals surface area contributed by atoms with Gasteiger partial charge in [-0.2, -0.15) is 0 Å². The molecule has 0 radical (unpaired) electrons. The third-order valence-electron chi connectivity index (χ3n) is 6.13. The van der Waals surface area contributed by atoms with E-state index in [1.54, 1.807) is 54.5 Å². The number of hydrogen-bond donors (Lipinski definition) is 0. The predicted molar refractivity (Wildman–Crippen MR) is 134 cm³/mol. The molecule has 5 rings (SSSR count). The van der Waals surface area contributed by atoms with E-state index in [-0.39, 0.29) is 30.0 Å². The fourth-order valence-corrected chi connectivity index (χ4v) is 5.93. The Kier molecular flexibility index (Phi) is 6.44. The van der Waals surface area contributed by atoms with Crippen LogP contribution in [0, 0.1) is 5.82 Å². The number of nitrogens with zero attached hydrogens (tertiary/aromatic N) is 4. The number of amides is 1. The van der Waals surface area contributed by atoms with Gasteiger partial charge in [0.05, 0.1) is 22.6 Å². The van der Waals surface area contributed by atoms with E-state index in [0.717, 1.165) is 4.90 Å². The molecule has 3 aromatic carbocycles. The van der Waals surface area contributed by atoms with Crippen LogP contribution in [0.4, 0.5) is 10.1 Å². The number of rotatable bonds is 7. The Hall–Kier alpha value is -3.80. The number of hydroxylamine groups is 1. The molecule has 0 aliphatic carbocycles. The lowest BCUT2D eigenvalue weighted by molar-refractivity contribution is -0.160. The van der Waals surface area contributed by atoms with Gasteiger partial charge in [0.25, 0.3) is 10.0 Å². The Morgan fingerprint density at radius 3 is 2.59 bits per heavy atom. The summed E-state index contributed by atoms with van der Waals surface area (Å²) in [5, 5.41) is 1.79. The van der Waals surface area contributed by atoms with Crippen LogP contribution in [0.5, 0.6) is 0 Å². The van der Waals surface area contributed by atoms with E-state index in [2.05, 4.69) is 4.98 Å². The van der Waals surface area contributed by atoms with E-state index in [4.69, 9.17) is 16.4 Å². The lowest BCUT2D eigenvalue weighted by atomic mass is 10.1. The second kappa shape index (κ2) is 9.58. The Morgan fingerprint density at radius 1 is 1.14 bits per heavy atom. The minimum absolute atomic E-state index is 0.0155. The molecule has 1 aliphatic rings. The van der Waals surface area contributed by atoms with Crippen molar-refractivity contribution in [2.45, 2.75) is 17.4 Å². The first-order valence-electron chi connectivity index (χ1n) is 11.1. The lowest BCUT2D eigenvalue weighted by Gasteiger charge is -2.24. The molecule has 0 bridgehead atoms. The summed E-state index contributed by atoms with van der Waals surface area (Å²) < 4.78 is 44.1. The van der Waals surface area contributed by atoms with E-state index in [1.165, 1.54) is 24.3 Å². The first-order chi connectivity index (χ1) is 17.7. The summed E-state index contributed by atoms with van der Waals surface area (Å²) >= 11 is 6.00. The zero-order valence-corrected chi connectivity index (χ0v) is 21.0. The van der Waals surface area contributed by atoms with Crippen LogP contribution < -0.4 is 4.90 Å². The van der Waals surface area contributed by atoms with Gasteiger partial charge in [-0.3, -0.25) is 9.59 Å². The van der Waals surface area contributed by atoms with E-state index in [1.807, 2.05) is 0 Å². The highest BCUT2D eigenvalue weighted by Gasteiger charge is 2.45. The van der Waals surface area contributed by atoms with Crippen LogP contribution in [0.15, 0.2) is 72.0 Å². The molecule has 1 fully saturated rings. The minimum Gasteiger partial charge on any atom is -0.355 e. The smallest absolute Gasteiger partial charge is 0.314 e. The molecule has 12 heteroatoms. The molecule has 190 valence electrons. The number of hydrogen-bond acceptors (Lipinski definition) is 6. The van der Waals surface area contributed by atoms with Gasteiger partial charge in [0, 0.05) is 30.4 Å². The number of halogens is 2. The van der Waals surface area contributed by atoms with E-state index in [9.17, 15) is 18.0 Å². The van der Waals surface area contributed by atoms with Gasteiger partial charge in [-0.1, -0.05) is 29.8 Å². The van der Waals surface area contributed by atoms with Crippen molar-refractivity contribution in [3.05, 3.63) is 78.0 Å². The topological polar surface area (TPSA) is 102 Å². The Balaban J connectivity index is 1.44. The number of aromatic nitrogens is 2. The number of sulfonamides is 1. The van der Waals surface area contributed by atoms with Gasteiger partial charge in [0.1, 0.15) is 11.9 Å². The maximum absolute atomic E-state index is 15.1. The highest BCUT2D eigenvalue weighted by Crippen LogP contribution is 2.32. The number of carbonyl (C=O) groups excluding carboxylic acids is 2. The molecule has 4 aromatic rings. The van der Waals surface area contributed by atoms with Gasteiger partial charge >= 0.3 is 6.47 Å². The Morgan fingerprint density at radius 2 is 1.89 bits per heavy atom. The molecule has 37 heavy (non-hydrogen) atoms. The van der Waals surface area contributed by atoms with Gasteiger partial charge in [-0.15, -0.1) is 0 Å². The van der Waals surface area contributed by atoms with Crippen molar-refractivity contribution in [1.82, 2.24) is 14.0 Å². The Labute approximate surface area is 216 Å². The number of aryl methyl sites for hydroxylation is 1. The molecule has 1 aliphatic heterocycles. The highest BCUT2D eigenvalue weighted by atomic mass is 35.5. The van der Waals surface area contributed by atoms with Gasteiger partial charge in [-0.05, 0) is 58.1 Å². The molecular weight excluding hydrogens is 523 g/mol. The van der Waals surface area contributed by atoms with Crippen LogP contribution in [-0.2, 0) is 31.5 Å². The predicted octanol–water partition coefficient (Wildman–Crippen LogP) is 3.92. The third-order valence-corrected chi connectivity index (χ3v) is 8.03. The summed E-state index contributed by atoms with van der Waals surface area (Å²) in [6, 6.07) is 12.2. The van der Waals surface area contributed by atoms with Crippen molar-refractivity contribution in [3.8, 4) is 11.3 Å². The number of fused-ring (bicyclic) bond motifs is 1. The quantitative estimate of drug-likeness (QED) is 0.259. The molecule has 0 saturated carbocycles. The van der Waals surface area contributed by atoms with E-state index < -0.39 is 27.8 Å². The fraction of sp³-hybridized carbons (Fsp3) is 0.160. The van der Waals surface area contributed by atoms with Gasteiger partial charge in [-0.25, -0.2) is 17.8 Å². The van der Waals surface area contributed by atoms with Crippen molar-refractivity contribution in [1.29, 1.82) is 0 Å². The van der Waals surface area contributed by atoms with Crippen molar-refractivity contribution >= 4 is 50.5 Å². The molecule has 1 amide bonds. The average molecular weight is 543 g/mol. The maximum atomic E-state index is 15.1. The average Bonchev–Trinajstić information content (AvgIpc) is 3.47. The standard InChI is InChI=1S/C25H20ClFN4O5S/c1-29-13-22(28-14-29)18-4-7-23(21(27)12-18)30-9-8-24(25(30)33)31(36-15-32)37(34,35)20-6-3-16-10-19(26)5-2-17(16)11-20/h2-7,10-15,24H,8-9H2,1H3. The van der Waals surface area contributed by atoms with Gasteiger partial charge in [0.15, 0.2) is 0 Å². The van der Waals surface area contributed by atoms with Crippen LogP contribution >= 0.6 is 11.6 Å². The fourth-order valence-electron chi connectivity index (χ4n) is 4.35.